The number of nitrogens with one attached hydrogen (secondary N) is 1. The fourth-order valence-corrected chi connectivity index (χ4v) is 1.62. The third-order valence-electron chi connectivity index (χ3n) is 1.79. The van der Waals surface area contributed by atoms with Crippen molar-refractivity contribution in [3.8, 4) is 0 Å². The third-order valence-corrected chi connectivity index (χ3v) is 2.22. The molecule has 0 aromatic carbocycles. The zero-order valence-electron chi connectivity index (χ0n) is 8.25. The molecule has 0 fully saturated rings. The van der Waals surface area contributed by atoms with Gasteiger partial charge in [-0.15, -0.1) is 0 Å². The molecular formula is C9H14BrN3O. The highest BCUT2D eigenvalue weighted by Crippen LogP contribution is 2.13. The summed E-state index contributed by atoms with van der Waals surface area (Å²) < 4.78 is 2.66. The van der Waals surface area contributed by atoms with Crippen molar-refractivity contribution < 1.29 is 4.79 Å². The molecule has 4 nitrogen and oxygen atoms in total. The number of aryl methyl sites for hydroxylation is 1. The molecule has 1 aromatic heterocycles. The van der Waals surface area contributed by atoms with Crippen LogP contribution in [-0.2, 0) is 7.05 Å². The molecule has 5 heteroatoms. The first-order valence-corrected chi connectivity index (χ1v) is 5.15. The monoisotopic (exact) mass is 259 g/mol. The van der Waals surface area contributed by atoms with Gasteiger partial charge in [0.15, 0.2) is 0 Å². The maximum atomic E-state index is 11.6. The van der Waals surface area contributed by atoms with Crippen LogP contribution in [0, 0.1) is 0 Å². The summed E-state index contributed by atoms with van der Waals surface area (Å²) in [6.07, 6.45) is 1.83. The van der Waals surface area contributed by atoms with Crippen molar-refractivity contribution in [3.05, 3.63) is 22.4 Å². The summed E-state index contributed by atoms with van der Waals surface area (Å²) in [6.45, 7) is 2.34. The van der Waals surface area contributed by atoms with Gasteiger partial charge >= 0.3 is 0 Å². The van der Waals surface area contributed by atoms with Gasteiger partial charge in [-0.1, -0.05) is 0 Å². The molecule has 1 amide bonds. The first kappa shape index (κ1) is 11.3. The van der Waals surface area contributed by atoms with E-state index in [1.165, 1.54) is 0 Å². The van der Waals surface area contributed by atoms with E-state index in [0.29, 0.717) is 12.2 Å². The summed E-state index contributed by atoms with van der Waals surface area (Å²) in [5, 5.41) is 2.75. The molecule has 1 atom stereocenters. The summed E-state index contributed by atoms with van der Waals surface area (Å²) in [5.74, 6) is -0.101. The number of halogens is 1. The van der Waals surface area contributed by atoms with E-state index >= 15 is 0 Å². The van der Waals surface area contributed by atoms with Crippen molar-refractivity contribution in [2.24, 2.45) is 12.8 Å². The second-order valence-corrected chi connectivity index (χ2v) is 4.26. The van der Waals surface area contributed by atoms with Gasteiger partial charge in [-0.25, -0.2) is 0 Å². The van der Waals surface area contributed by atoms with Crippen molar-refractivity contribution in [2.45, 2.75) is 13.0 Å². The standard InChI is InChI=1S/C9H14BrN3O/c1-6(11)4-12-9(14)8-3-7(10)5-13(8)2/h3,5-6H,4,11H2,1-2H3,(H,12,14). The Balaban J connectivity index is 2.65. The molecule has 0 aliphatic heterocycles. The molecule has 0 saturated carbocycles. The second-order valence-electron chi connectivity index (χ2n) is 3.34. The molecule has 0 aliphatic rings. The van der Waals surface area contributed by atoms with E-state index in [0.717, 1.165) is 4.47 Å². The van der Waals surface area contributed by atoms with Crippen LogP contribution in [0.3, 0.4) is 0 Å². The Kier molecular flexibility index (Phi) is 3.71. The van der Waals surface area contributed by atoms with Crippen molar-refractivity contribution in [1.82, 2.24) is 9.88 Å². The van der Waals surface area contributed by atoms with Crippen LogP contribution >= 0.6 is 15.9 Å². The number of amides is 1. The van der Waals surface area contributed by atoms with Gasteiger partial charge in [0.1, 0.15) is 5.69 Å². The van der Waals surface area contributed by atoms with Crippen molar-refractivity contribution >= 4 is 21.8 Å². The molecule has 1 unspecified atom stereocenters. The normalized spacial score (nSPS) is 12.6. The first-order valence-electron chi connectivity index (χ1n) is 4.36. The minimum atomic E-state index is -0.101. The summed E-state index contributed by atoms with van der Waals surface area (Å²) >= 11 is 3.31. The van der Waals surface area contributed by atoms with Gasteiger partial charge in [-0.3, -0.25) is 4.79 Å². The molecule has 1 heterocycles. The maximum absolute atomic E-state index is 11.6. The molecule has 78 valence electrons. The molecule has 0 radical (unpaired) electrons. The topological polar surface area (TPSA) is 60.0 Å². The van der Waals surface area contributed by atoms with E-state index in [-0.39, 0.29) is 11.9 Å². The zero-order chi connectivity index (χ0) is 10.7. The molecule has 3 N–H and O–H groups in total. The molecule has 0 spiro atoms. The van der Waals surface area contributed by atoms with Crippen LogP contribution in [0.5, 0.6) is 0 Å². The van der Waals surface area contributed by atoms with E-state index in [1.54, 1.807) is 10.6 Å². The number of rotatable bonds is 3. The van der Waals surface area contributed by atoms with E-state index in [9.17, 15) is 4.79 Å². The smallest absolute Gasteiger partial charge is 0.267 e. The minimum absolute atomic E-state index is 0.0253. The summed E-state index contributed by atoms with van der Waals surface area (Å²) in [7, 11) is 1.82. The summed E-state index contributed by atoms with van der Waals surface area (Å²) in [6, 6.07) is 1.75. The summed E-state index contributed by atoms with van der Waals surface area (Å²) in [5.41, 5.74) is 6.15. The molecule has 0 aliphatic carbocycles. The number of hydrogen-bond acceptors (Lipinski definition) is 2. The van der Waals surface area contributed by atoms with Gasteiger partial charge in [0.25, 0.3) is 5.91 Å². The highest BCUT2D eigenvalue weighted by Gasteiger charge is 2.10. The van der Waals surface area contributed by atoms with Crippen molar-refractivity contribution in [2.75, 3.05) is 6.54 Å². The van der Waals surface area contributed by atoms with Gasteiger partial charge in [-0.05, 0) is 28.9 Å². The number of nitrogens with two attached hydrogens (primary N) is 1. The SMILES string of the molecule is CC(N)CNC(=O)c1cc(Br)cn1C. The fraction of sp³-hybridized carbons (Fsp3) is 0.444. The Morgan fingerprint density at radius 1 is 1.79 bits per heavy atom. The molecular weight excluding hydrogens is 246 g/mol. The van der Waals surface area contributed by atoms with Crippen molar-refractivity contribution in [3.63, 3.8) is 0 Å². The lowest BCUT2D eigenvalue weighted by Crippen LogP contribution is -2.35. The molecule has 1 aromatic rings. The van der Waals surface area contributed by atoms with Gasteiger partial charge < -0.3 is 15.6 Å². The Morgan fingerprint density at radius 2 is 2.43 bits per heavy atom. The Labute approximate surface area is 91.6 Å². The number of carbonyl (C=O) groups excluding carboxylic acids is 1. The third kappa shape index (κ3) is 2.85. The average molecular weight is 260 g/mol. The number of nitrogens with zero attached hydrogens (tertiary/aromatic N) is 1. The zero-order valence-corrected chi connectivity index (χ0v) is 9.84. The minimum Gasteiger partial charge on any atom is -0.349 e. The van der Waals surface area contributed by atoms with Crippen molar-refractivity contribution in [1.29, 1.82) is 0 Å². The average Bonchev–Trinajstić information content (AvgIpc) is 2.41. The van der Waals surface area contributed by atoms with E-state index in [1.807, 2.05) is 20.2 Å². The predicted molar refractivity (Wildman–Crippen MR) is 59.1 cm³/mol. The predicted octanol–water partition coefficient (Wildman–Crippen LogP) is 0.865. The lowest BCUT2D eigenvalue weighted by molar-refractivity contribution is 0.0943. The summed E-state index contributed by atoms with van der Waals surface area (Å²) in [4.78, 5) is 11.6. The Morgan fingerprint density at radius 3 is 2.86 bits per heavy atom. The maximum Gasteiger partial charge on any atom is 0.267 e. The highest BCUT2D eigenvalue weighted by atomic mass is 79.9. The molecule has 0 bridgehead atoms. The van der Waals surface area contributed by atoms with Gasteiger partial charge in [0.05, 0.1) is 0 Å². The number of carbonyl (C=O) groups is 1. The van der Waals surface area contributed by atoms with Crippen LogP contribution in [-0.4, -0.2) is 23.1 Å². The van der Waals surface area contributed by atoms with Gasteiger partial charge in [0.2, 0.25) is 0 Å². The van der Waals surface area contributed by atoms with Gasteiger partial charge in [0, 0.05) is 30.3 Å². The first-order chi connectivity index (χ1) is 6.50. The number of aromatic nitrogens is 1. The quantitative estimate of drug-likeness (QED) is 0.847. The van der Waals surface area contributed by atoms with E-state index in [2.05, 4.69) is 21.2 Å². The van der Waals surface area contributed by atoms with E-state index in [4.69, 9.17) is 5.73 Å². The van der Waals surface area contributed by atoms with Crippen LogP contribution in [0.1, 0.15) is 17.4 Å². The molecule has 1 rings (SSSR count). The Bertz CT molecular complexity index is 333. The molecule has 14 heavy (non-hydrogen) atoms. The fourth-order valence-electron chi connectivity index (χ4n) is 1.09. The van der Waals surface area contributed by atoms with E-state index < -0.39 is 0 Å². The van der Waals surface area contributed by atoms with Crippen LogP contribution in [0.25, 0.3) is 0 Å². The van der Waals surface area contributed by atoms with Crippen LogP contribution in [0.2, 0.25) is 0 Å². The second kappa shape index (κ2) is 4.61. The number of hydrogen-bond donors (Lipinski definition) is 2. The van der Waals surface area contributed by atoms with Crippen LogP contribution < -0.4 is 11.1 Å². The Hall–Kier alpha value is -0.810. The lowest BCUT2D eigenvalue weighted by Gasteiger charge is -2.07. The van der Waals surface area contributed by atoms with Crippen LogP contribution in [0.15, 0.2) is 16.7 Å². The largest absolute Gasteiger partial charge is 0.349 e. The highest BCUT2D eigenvalue weighted by molar-refractivity contribution is 9.10. The van der Waals surface area contributed by atoms with Gasteiger partial charge in [-0.2, -0.15) is 0 Å². The molecule has 0 saturated heterocycles. The van der Waals surface area contributed by atoms with Crippen LogP contribution in [0.4, 0.5) is 0 Å². The lowest BCUT2D eigenvalue weighted by atomic mass is 10.3.